The van der Waals surface area contributed by atoms with Gasteiger partial charge in [-0.25, -0.2) is 0 Å². The maximum Gasteiger partial charge on any atom is 0.258 e. The third-order valence-electron chi connectivity index (χ3n) is 3.22. The summed E-state index contributed by atoms with van der Waals surface area (Å²) in [6.07, 6.45) is 1.66. The molecule has 0 unspecified atom stereocenters. The van der Waals surface area contributed by atoms with Crippen molar-refractivity contribution in [1.29, 1.82) is 5.26 Å². The van der Waals surface area contributed by atoms with Gasteiger partial charge in [0.1, 0.15) is 18.1 Å². The number of pyridine rings is 1. The minimum absolute atomic E-state index is 0.311. The number of likely N-dealkylation sites (N-methyl/N-ethyl adjacent to an activating group) is 1. The molecular weight excluding hydrogens is 306 g/mol. The van der Waals surface area contributed by atoms with E-state index in [1.54, 1.807) is 30.5 Å². The zero-order valence-corrected chi connectivity index (χ0v) is 13.1. The first-order valence-electron chi connectivity index (χ1n) is 7.38. The molecule has 0 aliphatic heterocycles. The molecule has 7 heteroatoms. The maximum absolute atomic E-state index is 9.19. The molecule has 0 fully saturated rings. The molecule has 120 valence electrons. The Hall–Kier alpha value is -3.24. The van der Waals surface area contributed by atoms with E-state index in [-0.39, 0.29) is 0 Å². The van der Waals surface area contributed by atoms with E-state index >= 15 is 0 Å². The number of hydrogen-bond donors (Lipinski definition) is 1. The fraction of sp³-hybridized carbons (Fsp3) is 0.176. The van der Waals surface area contributed by atoms with Crippen LogP contribution in [0.4, 0.5) is 0 Å². The van der Waals surface area contributed by atoms with Gasteiger partial charge in [0, 0.05) is 18.3 Å². The molecule has 0 bridgehead atoms. The zero-order chi connectivity index (χ0) is 16.8. The summed E-state index contributed by atoms with van der Waals surface area (Å²) in [5.74, 6) is 1.29. The molecule has 0 spiro atoms. The first kappa shape index (κ1) is 15.6. The van der Waals surface area contributed by atoms with E-state index in [0.717, 1.165) is 0 Å². The standard InChI is InChI=1S/C17H15N5O2/c1-19-6-7-23-14-9-12(11-18)8-13(10-14)17-21-16(22-24-17)15-4-2-3-5-20-15/h2-5,8-10,19H,6-7H2,1H3. The molecule has 1 aromatic carbocycles. The molecule has 2 heterocycles. The van der Waals surface area contributed by atoms with E-state index in [2.05, 4.69) is 26.5 Å². The number of hydrogen-bond acceptors (Lipinski definition) is 7. The second kappa shape index (κ2) is 7.35. The first-order valence-corrected chi connectivity index (χ1v) is 7.38. The number of ether oxygens (including phenoxy) is 1. The number of nitrogens with one attached hydrogen (secondary N) is 1. The van der Waals surface area contributed by atoms with Crippen molar-refractivity contribution in [1.82, 2.24) is 20.4 Å². The van der Waals surface area contributed by atoms with Crippen LogP contribution >= 0.6 is 0 Å². The van der Waals surface area contributed by atoms with Crippen molar-refractivity contribution in [3.63, 3.8) is 0 Å². The maximum atomic E-state index is 9.19. The van der Waals surface area contributed by atoms with Gasteiger partial charge in [-0.3, -0.25) is 4.98 Å². The van der Waals surface area contributed by atoms with E-state index in [0.29, 0.717) is 47.4 Å². The largest absolute Gasteiger partial charge is 0.492 e. The highest BCUT2D eigenvalue weighted by molar-refractivity contribution is 5.61. The summed E-state index contributed by atoms with van der Waals surface area (Å²) < 4.78 is 10.9. The number of nitrogens with zero attached hydrogens (tertiary/aromatic N) is 4. The molecule has 7 nitrogen and oxygen atoms in total. The molecule has 0 aliphatic rings. The molecule has 0 saturated carbocycles. The molecule has 0 radical (unpaired) electrons. The molecule has 3 rings (SSSR count). The minimum Gasteiger partial charge on any atom is -0.492 e. The molecule has 0 saturated heterocycles. The van der Waals surface area contributed by atoms with Crippen LogP contribution in [0.3, 0.4) is 0 Å². The quantitative estimate of drug-likeness (QED) is 0.695. The lowest BCUT2D eigenvalue weighted by molar-refractivity contribution is 0.318. The Bertz CT molecular complexity index is 855. The SMILES string of the molecule is CNCCOc1cc(C#N)cc(-c2nc(-c3ccccn3)no2)c1. The van der Waals surface area contributed by atoms with E-state index in [1.165, 1.54) is 0 Å². The van der Waals surface area contributed by atoms with Gasteiger partial charge in [0.15, 0.2) is 0 Å². The van der Waals surface area contributed by atoms with Gasteiger partial charge >= 0.3 is 0 Å². The Morgan fingerprint density at radius 2 is 2.21 bits per heavy atom. The third kappa shape index (κ3) is 3.56. The minimum atomic E-state index is 0.311. The topological polar surface area (TPSA) is 96.9 Å². The van der Waals surface area contributed by atoms with Crippen LogP contribution in [0, 0.1) is 11.3 Å². The summed E-state index contributed by atoms with van der Waals surface area (Å²) in [5, 5.41) is 16.1. The van der Waals surface area contributed by atoms with Gasteiger partial charge < -0.3 is 14.6 Å². The lowest BCUT2D eigenvalue weighted by Crippen LogP contribution is -2.15. The molecule has 0 amide bonds. The summed E-state index contributed by atoms with van der Waals surface area (Å²) in [5.41, 5.74) is 1.71. The van der Waals surface area contributed by atoms with Crippen molar-refractivity contribution < 1.29 is 9.26 Å². The summed E-state index contributed by atoms with van der Waals surface area (Å²) in [6.45, 7) is 1.20. The Balaban J connectivity index is 1.90. The van der Waals surface area contributed by atoms with Crippen LogP contribution in [0.15, 0.2) is 47.1 Å². The van der Waals surface area contributed by atoms with E-state index in [9.17, 15) is 5.26 Å². The summed E-state index contributed by atoms with van der Waals surface area (Å²) in [7, 11) is 1.85. The van der Waals surface area contributed by atoms with Crippen LogP contribution < -0.4 is 10.1 Å². The van der Waals surface area contributed by atoms with E-state index in [4.69, 9.17) is 9.26 Å². The highest BCUT2D eigenvalue weighted by Crippen LogP contribution is 2.26. The molecule has 3 aromatic rings. The summed E-state index contributed by atoms with van der Waals surface area (Å²) in [4.78, 5) is 8.53. The number of benzene rings is 1. The second-order valence-electron chi connectivity index (χ2n) is 4.95. The summed E-state index contributed by atoms with van der Waals surface area (Å²) in [6, 6.07) is 12.7. The zero-order valence-electron chi connectivity index (χ0n) is 13.1. The molecule has 24 heavy (non-hydrogen) atoms. The highest BCUT2D eigenvalue weighted by atomic mass is 16.5. The highest BCUT2D eigenvalue weighted by Gasteiger charge is 2.13. The smallest absolute Gasteiger partial charge is 0.258 e. The van der Waals surface area contributed by atoms with Gasteiger partial charge in [0.05, 0.1) is 11.6 Å². The van der Waals surface area contributed by atoms with E-state index in [1.807, 2.05) is 19.2 Å². The second-order valence-corrected chi connectivity index (χ2v) is 4.95. The van der Waals surface area contributed by atoms with Crippen LogP contribution in [0.5, 0.6) is 5.75 Å². The Labute approximate surface area is 138 Å². The van der Waals surface area contributed by atoms with Crippen LogP contribution in [0.2, 0.25) is 0 Å². The monoisotopic (exact) mass is 321 g/mol. The van der Waals surface area contributed by atoms with Crippen molar-refractivity contribution in [3.8, 4) is 34.8 Å². The predicted octanol–water partition coefficient (Wildman–Crippen LogP) is 2.27. The van der Waals surface area contributed by atoms with E-state index < -0.39 is 0 Å². The number of rotatable bonds is 6. The van der Waals surface area contributed by atoms with Gasteiger partial charge in [-0.05, 0) is 37.4 Å². The first-order chi connectivity index (χ1) is 11.8. The van der Waals surface area contributed by atoms with Crippen LogP contribution in [-0.4, -0.2) is 35.3 Å². The molecular formula is C17H15N5O2. The van der Waals surface area contributed by atoms with Gasteiger partial charge in [-0.1, -0.05) is 11.2 Å². The Morgan fingerprint density at radius 3 is 2.96 bits per heavy atom. The lowest BCUT2D eigenvalue weighted by atomic mass is 10.1. The fourth-order valence-electron chi connectivity index (χ4n) is 2.08. The lowest BCUT2D eigenvalue weighted by Gasteiger charge is -2.07. The van der Waals surface area contributed by atoms with Gasteiger partial charge in [0.25, 0.3) is 5.89 Å². The molecule has 2 aromatic heterocycles. The third-order valence-corrected chi connectivity index (χ3v) is 3.22. The van der Waals surface area contributed by atoms with Crippen molar-refractivity contribution in [2.75, 3.05) is 20.2 Å². The van der Waals surface area contributed by atoms with Gasteiger partial charge in [0.2, 0.25) is 5.82 Å². The Morgan fingerprint density at radius 1 is 1.29 bits per heavy atom. The van der Waals surface area contributed by atoms with Gasteiger partial charge in [-0.15, -0.1) is 0 Å². The predicted molar refractivity (Wildman–Crippen MR) is 87.1 cm³/mol. The van der Waals surface area contributed by atoms with Crippen molar-refractivity contribution in [2.24, 2.45) is 0 Å². The molecule has 1 N–H and O–H groups in total. The van der Waals surface area contributed by atoms with Gasteiger partial charge in [-0.2, -0.15) is 10.2 Å². The van der Waals surface area contributed by atoms with Crippen molar-refractivity contribution in [2.45, 2.75) is 0 Å². The number of nitriles is 1. The van der Waals surface area contributed by atoms with Crippen molar-refractivity contribution in [3.05, 3.63) is 48.2 Å². The van der Waals surface area contributed by atoms with Crippen LogP contribution in [0.25, 0.3) is 23.0 Å². The average molecular weight is 321 g/mol. The average Bonchev–Trinajstić information content (AvgIpc) is 3.13. The Kier molecular flexibility index (Phi) is 4.79. The number of aromatic nitrogens is 3. The fourth-order valence-corrected chi connectivity index (χ4v) is 2.08. The van der Waals surface area contributed by atoms with Crippen molar-refractivity contribution >= 4 is 0 Å². The van der Waals surface area contributed by atoms with Crippen LogP contribution in [-0.2, 0) is 0 Å². The summed E-state index contributed by atoms with van der Waals surface area (Å²) >= 11 is 0. The van der Waals surface area contributed by atoms with Crippen LogP contribution in [0.1, 0.15) is 5.56 Å². The molecule has 0 atom stereocenters. The molecule has 0 aliphatic carbocycles. The normalized spacial score (nSPS) is 10.3.